The Kier molecular flexibility index (Phi) is 4.45. The summed E-state index contributed by atoms with van der Waals surface area (Å²) < 4.78 is 0. The number of aromatic carboxylic acids is 1. The summed E-state index contributed by atoms with van der Waals surface area (Å²) in [5, 5.41) is 9.11. The van der Waals surface area contributed by atoms with E-state index in [1.165, 1.54) is 0 Å². The van der Waals surface area contributed by atoms with Gasteiger partial charge in [-0.15, -0.1) is 0 Å². The number of likely N-dealkylation sites (N-methyl/N-ethyl adjacent to an activating group) is 2. The van der Waals surface area contributed by atoms with Crippen molar-refractivity contribution in [3.05, 3.63) is 23.4 Å². The Bertz CT molecular complexity index is 405. The van der Waals surface area contributed by atoms with Crippen molar-refractivity contribution in [2.24, 2.45) is 0 Å². The van der Waals surface area contributed by atoms with Gasteiger partial charge in [-0.1, -0.05) is 0 Å². The summed E-state index contributed by atoms with van der Waals surface area (Å²) in [4.78, 5) is 19.3. The lowest BCUT2D eigenvalue weighted by Crippen LogP contribution is -2.30. The van der Waals surface area contributed by atoms with E-state index in [2.05, 4.69) is 4.98 Å². The first-order valence-electron chi connectivity index (χ1n) is 5.48. The molecular formula is C12H19N3O2. The van der Waals surface area contributed by atoms with E-state index in [1.807, 2.05) is 37.9 Å². The lowest BCUT2D eigenvalue weighted by Gasteiger charge is -2.22. The normalized spacial score (nSPS) is 10.6. The smallest absolute Gasteiger partial charge is 0.339 e. The molecule has 1 N–H and O–H groups in total. The van der Waals surface area contributed by atoms with E-state index in [0.717, 1.165) is 18.8 Å². The van der Waals surface area contributed by atoms with E-state index in [4.69, 9.17) is 5.11 Å². The van der Waals surface area contributed by atoms with Crippen molar-refractivity contribution >= 4 is 11.8 Å². The van der Waals surface area contributed by atoms with Crippen LogP contribution in [-0.4, -0.2) is 55.2 Å². The maximum atomic E-state index is 11.1. The van der Waals surface area contributed by atoms with E-state index in [0.29, 0.717) is 5.82 Å². The summed E-state index contributed by atoms with van der Waals surface area (Å²) in [5.74, 6) is -0.413. The number of hydrogen-bond donors (Lipinski definition) is 1. The molecule has 1 rings (SSSR count). The van der Waals surface area contributed by atoms with Crippen LogP contribution in [0.3, 0.4) is 0 Å². The highest BCUT2D eigenvalue weighted by Crippen LogP contribution is 2.17. The van der Waals surface area contributed by atoms with Crippen LogP contribution in [0, 0.1) is 6.92 Å². The van der Waals surface area contributed by atoms with Crippen LogP contribution in [0.15, 0.2) is 12.1 Å². The van der Waals surface area contributed by atoms with Gasteiger partial charge >= 0.3 is 5.97 Å². The topological polar surface area (TPSA) is 56.7 Å². The number of rotatable bonds is 5. The molecule has 0 aliphatic carbocycles. The van der Waals surface area contributed by atoms with Crippen LogP contribution >= 0.6 is 0 Å². The first-order chi connectivity index (χ1) is 7.91. The van der Waals surface area contributed by atoms with E-state index in [9.17, 15) is 4.79 Å². The maximum Gasteiger partial charge on any atom is 0.339 e. The molecule has 1 aromatic rings. The molecule has 0 unspecified atom stereocenters. The van der Waals surface area contributed by atoms with E-state index in [1.54, 1.807) is 12.1 Å². The van der Waals surface area contributed by atoms with Crippen molar-refractivity contribution in [2.75, 3.05) is 39.1 Å². The Balaban J connectivity index is 2.94. The predicted molar refractivity (Wildman–Crippen MR) is 67.8 cm³/mol. The van der Waals surface area contributed by atoms with Gasteiger partial charge in [-0.3, -0.25) is 0 Å². The molecule has 0 aromatic carbocycles. The second-order valence-electron chi connectivity index (χ2n) is 4.35. The number of carbonyl (C=O) groups is 1. The molecule has 1 aromatic heterocycles. The molecule has 0 radical (unpaired) electrons. The van der Waals surface area contributed by atoms with Gasteiger partial charge in [0.15, 0.2) is 0 Å². The van der Waals surface area contributed by atoms with E-state index < -0.39 is 5.97 Å². The number of pyridine rings is 1. The minimum Gasteiger partial charge on any atom is -0.478 e. The quantitative estimate of drug-likeness (QED) is 0.830. The van der Waals surface area contributed by atoms with Gasteiger partial charge in [0.25, 0.3) is 0 Å². The molecule has 0 spiro atoms. The molecule has 0 atom stereocenters. The second-order valence-corrected chi connectivity index (χ2v) is 4.35. The molecule has 0 saturated heterocycles. The van der Waals surface area contributed by atoms with Gasteiger partial charge in [0.1, 0.15) is 11.4 Å². The minimum absolute atomic E-state index is 0.247. The van der Waals surface area contributed by atoms with Gasteiger partial charge in [0, 0.05) is 25.8 Å². The zero-order valence-corrected chi connectivity index (χ0v) is 10.8. The monoisotopic (exact) mass is 237 g/mol. The summed E-state index contributed by atoms with van der Waals surface area (Å²) in [6, 6.07) is 3.32. The van der Waals surface area contributed by atoms with Gasteiger partial charge in [-0.2, -0.15) is 0 Å². The summed E-state index contributed by atoms with van der Waals surface area (Å²) in [7, 11) is 5.82. The van der Waals surface area contributed by atoms with Crippen LogP contribution in [0.5, 0.6) is 0 Å². The Morgan fingerprint density at radius 1 is 1.29 bits per heavy atom. The Morgan fingerprint density at radius 2 is 1.94 bits per heavy atom. The number of carboxylic acids is 1. The van der Waals surface area contributed by atoms with Gasteiger partial charge in [0.2, 0.25) is 0 Å². The van der Waals surface area contributed by atoms with Gasteiger partial charge in [0.05, 0.1) is 0 Å². The van der Waals surface area contributed by atoms with Crippen molar-refractivity contribution in [2.45, 2.75) is 6.92 Å². The standard InChI is InChI=1S/C12H19N3O2/c1-9-5-6-10(12(16)17)11(13-9)15(4)8-7-14(2)3/h5-6H,7-8H2,1-4H3,(H,16,17). The third kappa shape index (κ3) is 3.71. The molecule has 0 saturated carbocycles. The molecule has 0 amide bonds. The highest BCUT2D eigenvalue weighted by atomic mass is 16.4. The number of hydrogen-bond acceptors (Lipinski definition) is 4. The zero-order chi connectivity index (χ0) is 13.0. The molecule has 5 heteroatoms. The van der Waals surface area contributed by atoms with E-state index in [-0.39, 0.29) is 5.56 Å². The third-order valence-electron chi connectivity index (χ3n) is 2.49. The van der Waals surface area contributed by atoms with Crippen molar-refractivity contribution in [3.63, 3.8) is 0 Å². The summed E-state index contributed by atoms with van der Waals surface area (Å²) >= 11 is 0. The van der Waals surface area contributed by atoms with Crippen LogP contribution in [0.2, 0.25) is 0 Å². The molecule has 94 valence electrons. The maximum absolute atomic E-state index is 11.1. The fourth-order valence-electron chi connectivity index (χ4n) is 1.46. The molecular weight excluding hydrogens is 218 g/mol. The largest absolute Gasteiger partial charge is 0.478 e. The number of aryl methyl sites for hydroxylation is 1. The Morgan fingerprint density at radius 3 is 2.47 bits per heavy atom. The van der Waals surface area contributed by atoms with Crippen LogP contribution in [-0.2, 0) is 0 Å². The lowest BCUT2D eigenvalue weighted by atomic mass is 10.2. The van der Waals surface area contributed by atoms with Gasteiger partial charge < -0.3 is 14.9 Å². The van der Waals surface area contributed by atoms with Crippen molar-refractivity contribution < 1.29 is 9.90 Å². The molecule has 5 nitrogen and oxygen atoms in total. The molecule has 0 fully saturated rings. The SMILES string of the molecule is Cc1ccc(C(=O)O)c(N(C)CCN(C)C)n1. The summed E-state index contributed by atoms with van der Waals surface area (Å²) in [5.41, 5.74) is 1.07. The lowest BCUT2D eigenvalue weighted by molar-refractivity contribution is 0.0697. The molecule has 1 heterocycles. The third-order valence-corrected chi connectivity index (χ3v) is 2.49. The van der Waals surface area contributed by atoms with Crippen molar-refractivity contribution in [3.8, 4) is 0 Å². The number of aromatic nitrogens is 1. The first kappa shape index (κ1) is 13.4. The summed E-state index contributed by atoms with van der Waals surface area (Å²) in [6.07, 6.45) is 0. The number of anilines is 1. The molecule has 17 heavy (non-hydrogen) atoms. The Labute approximate surface area is 102 Å². The average Bonchev–Trinajstić information content (AvgIpc) is 2.25. The molecule has 0 bridgehead atoms. The highest BCUT2D eigenvalue weighted by molar-refractivity contribution is 5.93. The summed E-state index contributed by atoms with van der Waals surface area (Å²) in [6.45, 7) is 3.45. The predicted octanol–water partition coefficient (Wildman–Crippen LogP) is 1.09. The Hall–Kier alpha value is -1.62. The minimum atomic E-state index is -0.941. The molecule has 0 aliphatic heterocycles. The van der Waals surface area contributed by atoms with Crippen LogP contribution in [0.25, 0.3) is 0 Å². The second kappa shape index (κ2) is 5.63. The zero-order valence-electron chi connectivity index (χ0n) is 10.8. The van der Waals surface area contributed by atoms with Crippen molar-refractivity contribution in [1.82, 2.24) is 9.88 Å². The fraction of sp³-hybridized carbons (Fsp3) is 0.500. The fourth-order valence-corrected chi connectivity index (χ4v) is 1.46. The van der Waals surface area contributed by atoms with Gasteiger partial charge in [-0.25, -0.2) is 9.78 Å². The van der Waals surface area contributed by atoms with Crippen LogP contribution < -0.4 is 4.90 Å². The van der Waals surface area contributed by atoms with Crippen LogP contribution in [0.1, 0.15) is 16.1 Å². The highest BCUT2D eigenvalue weighted by Gasteiger charge is 2.15. The van der Waals surface area contributed by atoms with Crippen LogP contribution in [0.4, 0.5) is 5.82 Å². The van der Waals surface area contributed by atoms with E-state index >= 15 is 0 Å². The molecule has 0 aliphatic rings. The van der Waals surface area contributed by atoms with Crippen molar-refractivity contribution in [1.29, 1.82) is 0 Å². The number of nitrogens with zero attached hydrogens (tertiary/aromatic N) is 3. The average molecular weight is 237 g/mol. The number of carboxylic acid groups (broad SMARTS) is 1. The van der Waals surface area contributed by atoms with Gasteiger partial charge in [-0.05, 0) is 33.2 Å². The first-order valence-corrected chi connectivity index (χ1v) is 5.48.